The smallest absolute Gasteiger partial charge is 0.253 e. The van der Waals surface area contributed by atoms with Gasteiger partial charge in [0, 0.05) is 6.61 Å². The fourth-order valence-electron chi connectivity index (χ4n) is 2.55. The minimum atomic E-state index is -0.720. The first-order valence-electron chi connectivity index (χ1n) is 8.13. The molecule has 1 aromatic carbocycles. The fourth-order valence-corrected chi connectivity index (χ4v) is 2.55. The van der Waals surface area contributed by atoms with Gasteiger partial charge in [0.25, 0.3) is 5.91 Å². The van der Waals surface area contributed by atoms with Gasteiger partial charge in [0.1, 0.15) is 11.9 Å². The number of anilines is 1. The van der Waals surface area contributed by atoms with Crippen molar-refractivity contribution in [2.45, 2.75) is 38.9 Å². The van der Waals surface area contributed by atoms with Crippen molar-refractivity contribution in [2.75, 3.05) is 18.5 Å². The van der Waals surface area contributed by atoms with E-state index in [1.54, 1.807) is 13.8 Å². The van der Waals surface area contributed by atoms with Crippen molar-refractivity contribution < 1.29 is 18.7 Å². The molecule has 25 heavy (non-hydrogen) atoms. The first-order valence-corrected chi connectivity index (χ1v) is 8.13. The third-order valence-corrected chi connectivity index (χ3v) is 4.00. The quantitative estimate of drug-likeness (QED) is 0.852. The van der Waals surface area contributed by atoms with E-state index < -0.39 is 17.8 Å². The summed E-state index contributed by atoms with van der Waals surface area (Å²) in [5, 5.41) is 13.7. The van der Waals surface area contributed by atoms with Crippen LogP contribution in [0.4, 0.5) is 10.1 Å². The summed E-state index contributed by atoms with van der Waals surface area (Å²) in [4.78, 5) is 12.2. The molecule has 9 heteroatoms. The van der Waals surface area contributed by atoms with Crippen LogP contribution in [0.15, 0.2) is 18.2 Å². The molecular weight excluding hydrogens is 329 g/mol. The number of aryl methyl sites for hydroxylation is 1. The molecule has 0 unspecified atom stereocenters. The zero-order chi connectivity index (χ0) is 17.8. The van der Waals surface area contributed by atoms with Crippen LogP contribution in [-0.4, -0.2) is 51.5 Å². The average molecular weight is 349 g/mol. The normalized spacial score (nSPS) is 18.3. The minimum absolute atomic E-state index is 0.0260. The number of carbonyl (C=O) groups excluding carboxylic acids is 1. The molecule has 1 N–H and O–H groups in total. The lowest BCUT2D eigenvalue weighted by Gasteiger charge is -2.16. The number of hydrogen-bond acceptors (Lipinski definition) is 6. The lowest BCUT2D eigenvalue weighted by molar-refractivity contribution is -0.128. The van der Waals surface area contributed by atoms with Crippen LogP contribution >= 0.6 is 0 Å². The van der Waals surface area contributed by atoms with Crippen molar-refractivity contribution in [3.8, 4) is 5.69 Å². The highest BCUT2D eigenvalue weighted by molar-refractivity contribution is 5.94. The van der Waals surface area contributed by atoms with Crippen molar-refractivity contribution in [3.63, 3.8) is 0 Å². The summed E-state index contributed by atoms with van der Waals surface area (Å²) in [5.41, 5.74) is 0.595. The third kappa shape index (κ3) is 4.18. The average Bonchev–Trinajstić information content (AvgIpc) is 3.26. The molecule has 134 valence electrons. The lowest BCUT2D eigenvalue weighted by atomic mass is 10.2. The zero-order valence-corrected chi connectivity index (χ0v) is 14.1. The molecule has 2 heterocycles. The van der Waals surface area contributed by atoms with E-state index in [0.717, 1.165) is 19.4 Å². The number of ether oxygens (including phenoxy) is 2. The lowest BCUT2D eigenvalue weighted by Crippen LogP contribution is -2.30. The summed E-state index contributed by atoms with van der Waals surface area (Å²) in [5.74, 6) is -0.422. The van der Waals surface area contributed by atoms with E-state index in [1.165, 1.54) is 22.9 Å². The van der Waals surface area contributed by atoms with Crippen LogP contribution in [0.3, 0.4) is 0 Å². The molecule has 0 saturated carbocycles. The largest absolute Gasteiger partial charge is 0.376 e. The zero-order valence-electron chi connectivity index (χ0n) is 14.1. The molecule has 0 radical (unpaired) electrons. The summed E-state index contributed by atoms with van der Waals surface area (Å²) >= 11 is 0. The minimum Gasteiger partial charge on any atom is -0.376 e. The van der Waals surface area contributed by atoms with Crippen molar-refractivity contribution in [1.82, 2.24) is 20.2 Å². The maximum absolute atomic E-state index is 14.0. The highest BCUT2D eigenvalue weighted by Gasteiger charge is 2.21. The van der Waals surface area contributed by atoms with Gasteiger partial charge in [0.2, 0.25) is 0 Å². The van der Waals surface area contributed by atoms with Crippen LogP contribution in [-0.2, 0) is 14.3 Å². The summed E-state index contributed by atoms with van der Waals surface area (Å²) < 4.78 is 26.5. The Labute approximate surface area is 144 Å². The first kappa shape index (κ1) is 17.4. The van der Waals surface area contributed by atoms with Crippen molar-refractivity contribution >= 4 is 11.6 Å². The highest BCUT2D eigenvalue weighted by atomic mass is 19.1. The van der Waals surface area contributed by atoms with Gasteiger partial charge in [-0.3, -0.25) is 4.79 Å². The predicted octanol–water partition coefficient (Wildman–Crippen LogP) is 1.63. The number of rotatable bonds is 6. The molecular formula is C16H20FN5O3. The summed E-state index contributed by atoms with van der Waals surface area (Å²) in [7, 11) is 0. The topological polar surface area (TPSA) is 91.2 Å². The molecule has 3 rings (SSSR count). The number of nitrogens with one attached hydrogen (secondary N) is 1. The van der Waals surface area contributed by atoms with E-state index in [9.17, 15) is 9.18 Å². The Morgan fingerprint density at radius 3 is 3.08 bits per heavy atom. The maximum atomic E-state index is 14.0. The van der Waals surface area contributed by atoms with Crippen LogP contribution < -0.4 is 5.32 Å². The second kappa shape index (κ2) is 7.66. The molecule has 0 spiro atoms. The number of benzene rings is 1. The number of nitrogens with zero attached hydrogens (tertiary/aromatic N) is 4. The molecule has 1 aromatic heterocycles. The summed E-state index contributed by atoms with van der Waals surface area (Å²) in [6.45, 7) is 4.42. The summed E-state index contributed by atoms with van der Waals surface area (Å²) in [6.07, 6.45) is 1.24. The molecule has 1 saturated heterocycles. The standard InChI is InChI=1S/C16H20FN5O3/c1-10(25-9-13-4-3-7-24-13)16(23)18-15-8-12(5-6-14(15)17)22-11(2)19-20-21-22/h5-6,8,10,13H,3-4,7,9H2,1-2H3,(H,18,23)/t10-,13+/m1/s1. The number of amides is 1. The van der Waals surface area contributed by atoms with E-state index >= 15 is 0 Å². The molecule has 1 fully saturated rings. The van der Waals surface area contributed by atoms with Crippen LogP contribution in [0.1, 0.15) is 25.6 Å². The predicted molar refractivity (Wildman–Crippen MR) is 86.9 cm³/mol. The van der Waals surface area contributed by atoms with E-state index in [0.29, 0.717) is 18.1 Å². The van der Waals surface area contributed by atoms with Gasteiger partial charge in [-0.15, -0.1) is 5.10 Å². The van der Waals surface area contributed by atoms with E-state index in [2.05, 4.69) is 20.8 Å². The molecule has 1 aliphatic rings. The number of hydrogen-bond donors (Lipinski definition) is 1. The number of aromatic nitrogens is 4. The van der Waals surface area contributed by atoms with Crippen LogP contribution in [0.2, 0.25) is 0 Å². The Bertz CT molecular complexity index is 745. The van der Waals surface area contributed by atoms with Gasteiger partial charge in [-0.1, -0.05) is 0 Å². The molecule has 2 atom stereocenters. The van der Waals surface area contributed by atoms with Gasteiger partial charge < -0.3 is 14.8 Å². The van der Waals surface area contributed by atoms with Crippen LogP contribution in [0.25, 0.3) is 5.69 Å². The second-order valence-corrected chi connectivity index (χ2v) is 5.90. The van der Waals surface area contributed by atoms with Gasteiger partial charge in [0.15, 0.2) is 5.82 Å². The Hall–Kier alpha value is -2.39. The van der Waals surface area contributed by atoms with Crippen LogP contribution in [0.5, 0.6) is 0 Å². The molecule has 0 aliphatic carbocycles. The van der Waals surface area contributed by atoms with Crippen molar-refractivity contribution in [3.05, 3.63) is 29.8 Å². The maximum Gasteiger partial charge on any atom is 0.253 e. The van der Waals surface area contributed by atoms with Gasteiger partial charge >= 0.3 is 0 Å². The van der Waals surface area contributed by atoms with Gasteiger partial charge in [-0.2, -0.15) is 4.68 Å². The Balaban J connectivity index is 1.64. The molecule has 0 bridgehead atoms. The molecule has 1 aliphatic heterocycles. The highest BCUT2D eigenvalue weighted by Crippen LogP contribution is 2.20. The SMILES string of the molecule is Cc1nnnn1-c1ccc(F)c(NC(=O)[C@@H](C)OC[C@@H]2CCCO2)c1. The number of tetrazole rings is 1. The van der Waals surface area contributed by atoms with Crippen molar-refractivity contribution in [2.24, 2.45) is 0 Å². The van der Waals surface area contributed by atoms with Gasteiger partial charge in [0.05, 0.1) is 24.1 Å². The van der Waals surface area contributed by atoms with E-state index in [1.807, 2.05) is 0 Å². The number of halogens is 1. The molecule has 2 aromatic rings. The number of carbonyl (C=O) groups is 1. The Morgan fingerprint density at radius 1 is 1.56 bits per heavy atom. The second-order valence-electron chi connectivity index (χ2n) is 5.90. The van der Waals surface area contributed by atoms with Crippen LogP contribution in [0, 0.1) is 12.7 Å². The first-order chi connectivity index (χ1) is 12.0. The molecule has 8 nitrogen and oxygen atoms in total. The fraction of sp³-hybridized carbons (Fsp3) is 0.500. The van der Waals surface area contributed by atoms with Gasteiger partial charge in [-0.05, 0) is 55.3 Å². The Kier molecular flexibility index (Phi) is 5.34. The Morgan fingerprint density at radius 2 is 2.40 bits per heavy atom. The molecule has 1 amide bonds. The monoisotopic (exact) mass is 349 g/mol. The third-order valence-electron chi connectivity index (χ3n) is 4.00. The summed E-state index contributed by atoms with van der Waals surface area (Å²) in [6, 6.07) is 4.26. The van der Waals surface area contributed by atoms with E-state index in [-0.39, 0.29) is 11.8 Å². The van der Waals surface area contributed by atoms with E-state index in [4.69, 9.17) is 9.47 Å². The van der Waals surface area contributed by atoms with Crippen molar-refractivity contribution in [1.29, 1.82) is 0 Å². The van der Waals surface area contributed by atoms with Gasteiger partial charge in [-0.25, -0.2) is 4.39 Å².